The van der Waals surface area contributed by atoms with Crippen LogP contribution in [0.25, 0.3) is 0 Å². The average molecular weight is 715 g/mol. The molecule has 5 rings (SSSR count). The van der Waals surface area contributed by atoms with Crippen LogP contribution in [0.5, 0.6) is 5.75 Å². The van der Waals surface area contributed by atoms with Crippen LogP contribution in [0.3, 0.4) is 0 Å². The molecule has 1 N–H and O–H groups in total. The minimum Gasteiger partial charge on any atom is -0.494 e. The normalized spacial score (nSPS) is 27.0. The van der Waals surface area contributed by atoms with E-state index in [1.54, 1.807) is 70.5 Å². The van der Waals surface area contributed by atoms with Crippen LogP contribution in [0.4, 0.5) is 11.4 Å². The number of hydrogen-bond acceptors (Lipinski definition) is 6. The molecule has 46 heavy (non-hydrogen) atoms. The van der Waals surface area contributed by atoms with E-state index in [9.17, 15) is 19.5 Å². The molecule has 2 aromatic carbocycles. The molecule has 11 heteroatoms. The Morgan fingerprint density at radius 3 is 2.17 bits per heavy atom. The zero-order valence-corrected chi connectivity index (χ0v) is 28.7. The number of carbonyl (C=O) groups excluding carboxylic acids is 3. The first-order chi connectivity index (χ1) is 22.0. The van der Waals surface area contributed by atoms with Crippen LogP contribution in [0.15, 0.2) is 73.8 Å². The predicted octanol–water partition coefficient (Wildman–Crippen LogP) is 5.24. The third-order valence-electron chi connectivity index (χ3n) is 9.31. The smallest absolute Gasteiger partial charge is 0.253 e. The summed E-state index contributed by atoms with van der Waals surface area (Å²) < 4.78 is 12.3. The first-order valence-electron chi connectivity index (χ1n) is 15.6. The third-order valence-corrected chi connectivity index (χ3v) is 10.4. The van der Waals surface area contributed by atoms with Crippen molar-refractivity contribution in [2.75, 3.05) is 36.1 Å². The molecular weight excluding hydrogens is 674 g/mol. The first-order valence-corrected chi connectivity index (χ1v) is 16.9. The van der Waals surface area contributed by atoms with Crippen LogP contribution >= 0.6 is 27.5 Å². The number of rotatable bonds is 13. The molecule has 1 spiro atoms. The van der Waals surface area contributed by atoms with Gasteiger partial charge in [-0.05, 0) is 67.8 Å². The summed E-state index contributed by atoms with van der Waals surface area (Å²) in [4.78, 5) is 48.5. The maximum Gasteiger partial charge on any atom is 0.253 e. The quantitative estimate of drug-likeness (QED) is 0.225. The number of benzene rings is 2. The molecule has 7 atom stereocenters. The number of aliphatic hydroxyl groups is 1. The molecule has 3 aliphatic heterocycles. The van der Waals surface area contributed by atoms with Crippen molar-refractivity contribution in [3.63, 3.8) is 0 Å². The highest BCUT2D eigenvalue weighted by Crippen LogP contribution is 2.61. The number of ether oxygens (including phenoxy) is 2. The summed E-state index contributed by atoms with van der Waals surface area (Å²) in [6, 6.07) is 12.3. The van der Waals surface area contributed by atoms with E-state index in [0.717, 1.165) is 0 Å². The number of aliphatic hydroxyl groups excluding tert-OH is 1. The molecule has 3 fully saturated rings. The SMILES string of the molecule is C=CCN(C(=O)C1N([C@@H](CO)C(C)C)C(=O)[C@@H]2[C@H](C(=O)N(CC=C)c3ccc(OCC)cc3)[C@H]3OC12CC3Br)c1ccc(Cl)cc1. The Hall–Kier alpha value is -3.18. The van der Waals surface area contributed by atoms with Gasteiger partial charge in [-0.15, -0.1) is 13.2 Å². The summed E-state index contributed by atoms with van der Waals surface area (Å²) in [5.74, 6) is -2.37. The van der Waals surface area contributed by atoms with Gasteiger partial charge in [0.2, 0.25) is 11.8 Å². The largest absolute Gasteiger partial charge is 0.494 e. The maximum atomic E-state index is 14.8. The van der Waals surface area contributed by atoms with Crippen LogP contribution in [0.1, 0.15) is 27.2 Å². The fourth-order valence-electron chi connectivity index (χ4n) is 7.35. The van der Waals surface area contributed by atoms with Gasteiger partial charge < -0.3 is 29.3 Å². The molecule has 0 radical (unpaired) electrons. The highest BCUT2D eigenvalue weighted by Gasteiger charge is 2.77. The van der Waals surface area contributed by atoms with E-state index < -0.39 is 35.6 Å². The Labute approximate surface area is 283 Å². The third kappa shape index (κ3) is 5.78. The van der Waals surface area contributed by atoms with Gasteiger partial charge in [-0.3, -0.25) is 14.4 Å². The van der Waals surface area contributed by atoms with Crippen molar-refractivity contribution >= 4 is 56.6 Å². The minimum absolute atomic E-state index is 0.166. The Morgan fingerprint density at radius 2 is 1.65 bits per heavy atom. The lowest BCUT2D eigenvalue weighted by Gasteiger charge is -2.40. The summed E-state index contributed by atoms with van der Waals surface area (Å²) in [5, 5.41) is 11.1. The lowest BCUT2D eigenvalue weighted by Crippen LogP contribution is -2.60. The lowest BCUT2D eigenvalue weighted by atomic mass is 9.70. The molecule has 0 saturated carbocycles. The Morgan fingerprint density at radius 1 is 1.09 bits per heavy atom. The van der Waals surface area contributed by atoms with E-state index in [1.165, 1.54) is 4.90 Å². The second kappa shape index (κ2) is 13.9. The van der Waals surface area contributed by atoms with Crippen LogP contribution in [0, 0.1) is 17.8 Å². The number of amides is 3. The zero-order valence-electron chi connectivity index (χ0n) is 26.4. The molecule has 246 valence electrons. The minimum atomic E-state index is -1.31. The highest BCUT2D eigenvalue weighted by atomic mass is 79.9. The van der Waals surface area contributed by atoms with Gasteiger partial charge >= 0.3 is 0 Å². The second-order valence-corrected chi connectivity index (χ2v) is 13.9. The van der Waals surface area contributed by atoms with Gasteiger partial charge in [-0.1, -0.05) is 53.5 Å². The summed E-state index contributed by atoms with van der Waals surface area (Å²) in [5.41, 5.74) is -0.100. The van der Waals surface area contributed by atoms with Crippen LogP contribution in [-0.4, -0.2) is 82.6 Å². The second-order valence-electron chi connectivity index (χ2n) is 12.3. The van der Waals surface area contributed by atoms with Gasteiger partial charge in [0.25, 0.3) is 5.91 Å². The fraction of sp³-hybridized carbons (Fsp3) is 0.457. The average Bonchev–Trinajstić information content (AvgIpc) is 3.63. The number of hydrogen-bond donors (Lipinski definition) is 1. The van der Waals surface area contributed by atoms with Crippen LogP contribution < -0.4 is 14.5 Å². The molecule has 3 saturated heterocycles. The van der Waals surface area contributed by atoms with Crippen molar-refractivity contribution < 1.29 is 29.0 Å². The van der Waals surface area contributed by atoms with Crippen LogP contribution in [0.2, 0.25) is 5.02 Å². The monoisotopic (exact) mass is 713 g/mol. The summed E-state index contributed by atoms with van der Waals surface area (Å²) >= 11 is 9.92. The number of nitrogens with zero attached hydrogens (tertiary/aromatic N) is 3. The molecule has 3 heterocycles. The van der Waals surface area contributed by atoms with Crippen molar-refractivity contribution in [1.29, 1.82) is 0 Å². The number of alkyl halides is 1. The van der Waals surface area contributed by atoms with Crippen molar-refractivity contribution in [1.82, 2.24) is 4.90 Å². The first kappa shape index (κ1) is 34.2. The van der Waals surface area contributed by atoms with E-state index in [4.69, 9.17) is 21.1 Å². The van der Waals surface area contributed by atoms with E-state index >= 15 is 0 Å². The maximum absolute atomic E-state index is 14.8. The van der Waals surface area contributed by atoms with Crippen molar-refractivity contribution in [2.45, 2.75) is 55.8 Å². The van der Waals surface area contributed by atoms with Crippen LogP contribution in [-0.2, 0) is 19.1 Å². The standard InChI is InChI=1S/C35H41BrClN3O6/c1-6-17-38(24-13-15-25(16-14-24)45-8-3)32(42)28-29-33(43)40(27(20-41)21(4)5)31(35(29)19-26(36)30(28)46-35)34(44)39(18-7-2)23-11-9-22(37)10-12-23/h6-7,9-16,21,26-31,41H,1-2,8,17-20H2,3-5H3/t26?,27-,28-,29-,30-,31?,35?/m0/s1. The highest BCUT2D eigenvalue weighted by molar-refractivity contribution is 9.09. The van der Waals surface area contributed by atoms with Gasteiger partial charge in [0.05, 0.1) is 37.2 Å². The molecule has 2 bridgehead atoms. The lowest BCUT2D eigenvalue weighted by molar-refractivity contribution is -0.145. The van der Waals surface area contributed by atoms with E-state index in [2.05, 4.69) is 29.1 Å². The van der Waals surface area contributed by atoms with Crippen molar-refractivity contribution in [3.8, 4) is 5.75 Å². The molecular formula is C35H41BrClN3O6. The molecule has 0 aromatic heterocycles. The Bertz CT molecular complexity index is 1470. The van der Waals surface area contributed by atoms with E-state index in [1.807, 2.05) is 20.8 Å². The molecule has 2 aromatic rings. The molecule has 3 unspecified atom stereocenters. The summed E-state index contributed by atoms with van der Waals surface area (Å²) in [7, 11) is 0. The number of anilines is 2. The Balaban J connectivity index is 1.60. The van der Waals surface area contributed by atoms with Gasteiger partial charge in [0.1, 0.15) is 17.4 Å². The molecule has 3 aliphatic rings. The van der Waals surface area contributed by atoms with Crippen molar-refractivity contribution in [3.05, 3.63) is 78.9 Å². The van der Waals surface area contributed by atoms with Crippen molar-refractivity contribution in [2.24, 2.45) is 17.8 Å². The number of fused-ring (bicyclic) bond motifs is 1. The molecule has 3 amide bonds. The van der Waals surface area contributed by atoms with E-state index in [0.29, 0.717) is 35.2 Å². The topological polar surface area (TPSA) is 99.6 Å². The van der Waals surface area contributed by atoms with Gasteiger partial charge in [-0.25, -0.2) is 0 Å². The van der Waals surface area contributed by atoms with E-state index in [-0.39, 0.29) is 48.2 Å². The summed E-state index contributed by atoms with van der Waals surface area (Å²) in [6.07, 6.45) is 2.95. The summed E-state index contributed by atoms with van der Waals surface area (Å²) in [6.45, 7) is 14.0. The number of halogens is 2. The van der Waals surface area contributed by atoms with Gasteiger partial charge in [0, 0.05) is 34.3 Å². The fourth-order valence-corrected chi connectivity index (χ4v) is 8.42. The Kier molecular flexibility index (Phi) is 10.3. The number of carbonyl (C=O) groups is 3. The molecule has 0 aliphatic carbocycles. The van der Waals surface area contributed by atoms with Gasteiger partial charge in [-0.2, -0.15) is 0 Å². The predicted molar refractivity (Wildman–Crippen MR) is 182 cm³/mol. The molecule has 9 nitrogen and oxygen atoms in total. The number of likely N-dealkylation sites (tertiary alicyclic amines) is 1. The van der Waals surface area contributed by atoms with Gasteiger partial charge in [0.15, 0.2) is 0 Å². The zero-order chi connectivity index (χ0) is 33.3.